The molecule has 10 N–H and O–H groups in total. The van der Waals surface area contributed by atoms with Crippen LogP contribution in [0.25, 0.3) is 10.8 Å². The second-order valence-corrected chi connectivity index (χ2v) is 11.8. The Morgan fingerprint density at radius 2 is 0.604 bits per heavy atom. The van der Waals surface area contributed by atoms with Crippen LogP contribution in [-0.4, -0.2) is 51.1 Å². The number of fused-ring (bicyclic) bond motifs is 1. The van der Waals surface area contributed by atoms with Crippen LogP contribution < -0.4 is 0 Å². The number of hydrogen-bond acceptors (Lipinski definition) is 10. The molecule has 0 aromatic heterocycles. The molecule has 0 unspecified atom stereocenters. The zero-order valence-corrected chi connectivity index (χ0v) is 25.4. The molecular formula is C38H32O10. The number of phenolic OH excluding ortho intramolecular Hbond substituents is 10. The van der Waals surface area contributed by atoms with Gasteiger partial charge in [-0.1, -0.05) is 24.3 Å². The summed E-state index contributed by atoms with van der Waals surface area (Å²) in [5.74, 6) is -2.80. The van der Waals surface area contributed by atoms with Gasteiger partial charge in [0, 0.05) is 36.8 Å². The van der Waals surface area contributed by atoms with Crippen molar-refractivity contribution in [3.63, 3.8) is 0 Å². The standard InChI is InChI=1S/C38H32O10/c39-28-5-1-19(13-32(28)43)9-24-17-23-18-25(10-20-2-6-29(40)33(44)14-20)38(48)27(12-22-4-8-31(42)35(46)16-22)36(23)26(37(24)47)11-21-3-7-30(41)34(45)15-21/h1-8,13-18,39-48H,9-12H2. The highest BCUT2D eigenvalue weighted by Crippen LogP contribution is 2.43. The van der Waals surface area contributed by atoms with Crippen LogP contribution in [-0.2, 0) is 25.7 Å². The molecule has 0 atom stereocenters. The van der Waals surface area contributed by atoms with E-state index in [1.54, 1.807) is 36.4 Å². The molecular weight excluding hydrogens is 616 g/mol. The summed E-state index contributed by atoms with van der Waals surface area (Å²) >= 11 is 0. The van der Waals surface area contributed by atoms with E-state index in [0.29, 0.717) is 55.3 Å². The fourth-order valence-corrected chi connectivity index (χ4v) is 6.03. The molecule has 6 aromatic carbocycles. The van der Waals surface area contributed by atoms with Crippen molar-refractivity contribution in [2.45, 2.75) is 25.7 Å². The molecule has 0 aliphatic rings. The highest BCUT2D eigenvalue weighted by molar-refractivity contribution is 5.95. The van der Waals surface area contributed by atoms with E-state index in [1.807, 2.05) is 0 Å². The molecule has 6 aromatic rings. The average molecular weight is 649 g/mol. The average Bonchev–Trinajstić information content (AvgIpc) is 3.04. The van der Waals surface area contributed by atoms with Crippen LogP contribution in [0.1, 0.15) is 44.5 Å². The second-order valence-electron chi connectivity index (χ2n) is 11.8. The molecule has 10 heteroatoms. The van der Waals surface area contributed by atoms with Gasteiger partial charge in [0.1, 0.15) is 11.5 Å². The summed E-state index contributed by atoms with van der Waals surface area (Å²) in [6, 6.07) is 20.8. The molecule has 10 nitrogen and oxygen atoms in total. The normalized spacial score (nSPS) is 11.2. The molecule has 0 spiro atoms. The maximum Gasteiger partial charge on any atom is 0.157 e. The largest absolute Gasteiger partial charge is 0.507 e. The maximum absolute atomic E-state index is 11.9. The van der Waals surface area contributed by atoms with Gasteiger partial charge in [-0.3, -0.25) is 0 Å². The zero-order valence-electron chi connectivity index (χ0n) is 25.4. The lowest BCUT2D eigenvalue weighted by molar-refractivity contribution is 0.403. The van der Waals surface area contributed by atoms with Crippen LogP contribution in [0.15, 0.2) is 84.9 Å². The Morgan fingerprint density at radius 3 is 0.896 bits per heavy atom. The Morgan fingerprint density at radius 1 is 0.312 bits per heavy atom. The third-order valence-corrected chi connectivity index (χ3v) is 8.44. The van der Waals surface area contributed by atoms with Gasteiger partial charge >= 0.3 is 0 Å². The molecule has 0 bridgehead atoms. The number of hydrogen-bond donors (Lipinski definition) is 10. The SMILES string of the molecule is Oc1ccc(Cc2cc3cc(Cc4ccc(O)c(O)c4)c(O)c(Cc4ccc(O)c(O)c4)c3c(Cc3ccc(O)c(O)c3)c2O)cc1O. The predicted octanol–water partition coefficient (Wildman–Crippen LogP) is 6.26. The highest BCUT2D eigenvalue weighted by atomic mass is 16.3. The van der Waals surface area contributed by atoms with E-state index in [0.717, 1.165) is 0 Å². The van der Waals surface area contributed by atoms with E-state index in [9.17, 15) is 51.1 Å². The van der Waals surface area contributed by atoms with Crippen LogP contribution in [0.3, 0.4) is 0 Å². The van der Waals surface area contributed by atoms with E-state index < -0.39 is 0 Å². The summed E-state index contributed by atoms with van der Waals surface area (Å²) in [4.78, 5) is 0. The molecule has 244 valence electrons. The van der Waals surface area contributed by atoms with Gasteiger partial charge in [0.05, 0.1) is 0 Å². The summed E-state index contributed by atoms with van der Waals surface area (Å²) in [5.41, 5.74) is 3.94. The van der Waals surface area contributed by atoms with Crippen LogP contribution in [0.2, 0.25) is 0 Å². The Kier molecular flexibility index (Phi) is 8.16. The summed E-state index contributed by atoms with van der Waals surface area (Å²) < 4.78 is 0. The second kappa shape index (κ2) is 12.4. The number of rotatable bonds is 8. The first-order valence-electron chi connectivity index (χ1n) is 14.9. The number of phenols is 10. The minimum Gasteiger partial charge on any atom is -0.507 e. The van der Waals surface area contributed by atoms with Crippen molar-refractivity contribution in [3.8, 4) is 57.5 Å². The number of benzene rings is 6. The lowest BCUT2D eigenvalue weighted by Gasteiger charge is -2.21. The Labute approximate surface area is 274 Å². The Hall–Kier alpha value is -6.42. The molecule has 6 rings (SSSR count). The van der Waals surface area contributed by atoms with Crippen molar-refractivity contribution < 1.29 is 51.1 Å². The first-order valence-corrected chi connectivity index (χ1v) is 14.9. The minimum absolute atomic E-state index is 0.0588. The summed E-state index contributed by atoms with van der Waals surface area (Å²) in [6.07, 6.45) is 0.409. The lowest BCUT2D eigenvalue weighted by atomic mass is 9.85. The molecule has 0 aliphatic heterocycles. The van der Waals surface area contributed by atoms with Crippen LogP contribution in [0, 0.1) is 0 Å². The molecule has 0 amide bonds. The van der Waals surface area contributed by atoms with Gasteiger partial charge in [-0.2, -0.15) is 0 Å². The maximum atomic E-state index is 11.9. The lowest BCUT2D eigenvalue weighted by Crippen LogP contribution is -2.03. The van der Waals surface area contributed by atoms with Gasteiger partial charge in [-0.15, -0.1) is 0 Å². The summed E-state index contributed by atoms with van der Waals surface area (Å²) in [7, 11) is 0. The van der Waals surface area contributed by atoms with Crippen molar-refractivity contribution >= 4 is 10.8 Å². The monoisotopic (exact) mass is 648 g/mol. The number of aromatic hydroxyl groups is 10. The molecule has 0 saturated carbocycles. The van der Waals surface area contributed by atoms with Crippen molar-refractivity contribution in [2.24, 2.45) is 0 Å². The highest BCUT2D eigenvalue weighted by Gasteiger charge is 2.23. The first-order chi connectivity index (χ1) is 22.9. The van der Waals surface area contributed by atoms with E-state index in [2.05, 4.69) is 0 Å². The first kappa shape index (κ1) is 31.6. The van der Waals surface area contributed by atoms with Crippen molar-refractivity contribution in [1.29, 1.82) is 0 Å². The topological polar surface area (TPSA) is 202 Å². The van der Waals surface area contributed by atoms with E-state index in [4.69, 9.17) is 0 Å². The van der Waals surface area contributed by atoms with Gasteiger partial charge < -0.3 is 51.1 Å². The van der Waals surface area contributed by atoms with Gasteiger partial charge in [-0.25, -0.2) is 0 Å². The quantitative estimate of drug-likeness (QED) is 0.0840. The van der Waals surface area contributed by atoms with Crippen LogP contribution in [0.4, 0.5) is 0 Å². The minimum atomic E-state index is -0.353. The van der Waals surface area contributed by atoms with Crippen molar-refractivity contribution in [1.82, 2.24) is 0 Å². The third kappa shape index (κ3) is 6.19. The predicted molar refractivity (Wildman–Crippen MR) is 178 cm³/mol. The molecule has 0 fully saturated rings. The van der Waals surface area contributed by atoms with Crippen molar-refractivity contribution in [3.05, 3.63) is 129 Å². The third-order valence-electron chi connectivity index (χ3n) is 8.44. The van der Waals surface area contributed by atoms with Gasteiger partial charge in [0.25, 0.3) is 0 Å². The Bertz CT molecular complexity index is 2050. The molecule has 0 heterocycles. The van der Waals surface area contributed by atoms with Crippen LogP contribution in [0.5, 0.6) is 57.5 Å². The fourth-order valence-electron chi connectivity index (χ4n) is 6.03. The van der Waals surface area contributed by atoms with Crippen LogP contribution >= 0.6 is 0 Å². The van der Waals surface area contributed by atoms with E-state index in [1.165, 1.54) is 48.5 Å². The summed E-state index contributed by atoms with van der Waals surface area (Å²) in [5, 5.41) is 105. The van der Waals surface area contributed by atoms with Gasteiger partial charge in [-0.05, 0) is 105 Å². The van der Waals surface area contributed by atoms with E-state index >= 15 is 0 Å². The van der Waals surface area contributed by atoms with E-state index in [-0.39, 0.29) is 83.2 Å². The fraction of sp³-hybridized carbons (Fsp3) is 0.105. The zero-order chi connectivity index (χ0) is 34.3. The molecule has 0 radical (unpaired) electrons. The van der Waals surface area contributed by atoms with Gasteiger partial charge in [0.15, 0.2) is 46.0 Å². The smallest absolute Gasteiger partial charge is 0.157 e. The molecule has 48 heavy (non-hydrogen) atoms. The molecule has 0 aliphatic carbocycles. The Balaban J connectivity index is 1.61. The van der Waals surface area contributed by atoms with Gasteiger partial charge in [0.2, 0.25) is 0 Å². The molecule has 0 saturated heterocycles. The summed E-state index contributed by atoms with van der Waals surface area (Å²) in [6.45, 7) is 0. The van der Waals surface area contributed by atoms with Crippen molar-refractivity contribution in [2.75, 3.05) is 0 Å².